The number of benzene rings is 1. The number of ether oxygens (including phenoxy) is 2. The quantitative estimate of drug-likeness (QED) is 0.703. The molecule has 0 heterocycles. The first-order valence-electron chi connectivity index (χ1n) is 7.68. The number of aryl methyl sites for hydroxylation is 1. The molecule has 1 aliphatic carbocycles. The molecule has 1 fully saturated rings. The van der Waals surface area contributed by atoms with Crippen LogP contribution < -0.4 is 10.1 Å². The maximum absolute atomic E-state index is 5.86. The molecule has 1 aromatic carbocycles. The molecule has 1 aromatic rings. The summed E-state index contributed by atoms with van der Waals surface area (Å²) in [5.74, 6) is 1.56. The predicted octanol–water partition coefficient (Wildman–Crippen LogP) is 3.30. The Labute approximate surface area is 122 Å². The molecule has 0 atom stereocenters. The third-order valence-electron chi connectivity index (χ3n) is 3.31. The number of hydrogen-bond donors (Lipinski definition) is 1. The van der Waals surface area contributed by atoms with Crippen molar-refractivity contribution in [2.24, 2.45) is 5.92 Å². The van der Waals surface area contributed by atoms with Crippen LogP contribution in [-0.2, 0) is 11.3 Å². The fraction of sp³-hybridized carbons (Fsp3) is 0.647. The zero-order valence-corrected chi connectivity index (χ0v) is 12.9. The molecule has 0 aliphatic heterocycles. The lowest BCUT2D eigenvalue weighted by atomic mass is 10.1. The second-order valence-corrected chi connectivity index (χ2v) is 6.08. The van der Waals surface area contributed by atoms with Gasteiger partial charge in [-0.2, -0.15) is 0 Å². The number of rotatable bonds is 9. The van der Waals surface area contributed by atoms with Gasteiger partial charge in [-0.3, -0.25) is 0 Å². The van der Waals surface area contributed by atoms with E-state index in [1.807, 2.05) is 0 Å². The van der Waals surface area contributed by atoms with Crippen molar-refractivity contribution in [2.75, 3.05) is 19.8 Å². The van der Waals surface area contributed by atoms with Crippen molar-refractivity contribution in [1.29, 1.82) is 0 Å². The van der Waals surface area contributed by atoms with Crippen LogP contribution in [0.2, 0.25) is 0 Å². The van der Waals surface area contributed by atoms with E-state index < -0.39 is 0 Å². The van der Waals surface area contributed by atoms with Crippen LogP contribution in [0.3, 0.4) is 0 Å². The zero-order chi connectivity index (χ0) is 14.4. The molecule has 112 valence electrons. The van der Waals surface area contributed by atoms with Gasteiger partial charge in [0.1, 0.15) is 12.4 Å². The lowest BCUT2D eigenvalue weighted by Crippen LogP contribution is -2.17. The minimum absolute atomic E-state index is 0.577. The molecule has 3 nitrogen and oxygen atoms in total. The third-order valence-corrected chi connectivity index (χ3v) is 3.31. The number of nitrogens with one attached hydrogen (secondary N) is 1. The first-order chi connectivity index (χ1) is 9.65. The van der Waals surface area contributed by atoms with Gasteiger partial charge in [-0.1, -0.05) is 31.5 Å². The van der Waals surface area contributed by atoms with E-state index >= 15 is 0 Å². The monoisotopic (exact) mass is 277 g/mol. The van der Waals surface area contributed by atoms with Crippen LogP contribution in [0.15, 0.2) is 18.2 Å². The molecular weight excluding hydrogens is 250 g/mol. The molecular formula is C17H27NO2. The molecule has 20 heavy (non-hydrogen) atoms. The summed E-state index contributed by atoms with van der Waals surface area (Å²) in [5, 5.41) is 3.55. The van der Waals surface area contributed by atoms with E-state index in [1.165, 1.54) is 24.0 Å². The largest absolute Gasteiger partial charge is 0.491 e. The summed E-state index contributed by atoms with van der Waals surface area (Å²) in [5.41, 5.74) is 2.53. The Balaban J connectivity index is 1.79. The second-order valence-electron chi connectivity index (χ2n) is 6.08. The van der Waals surface area contributed by atoms with E-state index in [9.17, 15) is 0 Å². The minimum atomic E-state index is 0.577. The van der Waals surface area contributed by atoms with Gasteiger partial charge in [-0.05, 0) is 31.7 Å². The maximum atomic E-state index is 5.86. The predicted molar refractivity (Wildman–Crippen MR) is 82.2 cm³/mol. The van der Waals surface area contributed by atoms with Crippen molar-refractivity contribution in [3.63, 3.8) is 0 Å². The Morgan fingerprint density at radius 1 is 1.25 bits per heavy atom. The van der Waals surface area contributed by atoms with E-state index in [0.717, 1.165) is 24.9 Å². The summed E-state index contributed by atoms with van der Waals surface area (Å²) in [6, 6.07) is 7.10. The van der Waals surface area contributed by atoms with Gasteiger partial charge in [-0.15, -0.1) is 0 Å². The van der Waals surface area contributed by atoms with Gasteiger partial charge in [0, 0.05) is 24.8 Å². The summed E-state index contributed by atoms with van der Waals surface area (Å²) < 4.78 is 11.4. The molecule has 1 saturated carbocycles. The zero-order valence-electron chi connectivity index (χ0n) is 12.9. The van der Waals surface area contributed by atoms with Crippen LogP contribution in [0.1, 0.15) is 37.8 Å². The van der Waals surface area contributed by atoms with Crippen LogP contribution in [0, 0.1) is 12.8 Å². The summed E-state index contributed by atoms with van der Waals surface area (Å²) >= 11 is 0. The van der Waals surface area contributed by atoms with Crippen LogP contribution in [0.4, 0.5) is 0 Å². The highest BCUT2D eigenvalue weighted by Gasteiger charge is 2.20. The van der Waals surface area contributed by atoms with Crippen molar-refractivity contribution >= 4 is 0 Å². The minimum Gasteiger partial charge on any atom is -0.491 e. The Kier molecular flexibility index (Phi) is 5.86. The van der Waals surface area contributed by atoms with Crippen molar-refractivity contribution < 1.29 is 9.47 Å². The van der Waals surface area contributed by atoms with Crippen molar-refractivity contribution in [2.45, 2.75) is 46.2 Å². The van der Waals surface area contributed by atoms with E-state index in [2.05, 4.69) is 44.3 Å². The average molecular weight is 277 g/mol. The molecule has 0 saturated heterocycles. The highest BCUT2D eigenvalue weighted by molar-refractivity contribution is 5.37. The van der Waals surface area contributed by atoms with E-state index in [4.69, 9.17) is 9.47 Å². The molecule has 3 heteroatoms. The molecule has 0 unspecified atom stereocenters. The van der Waals surface area contributed by atoms with Crippen molar-refractivity contribution in [3.05, 3.63) is 29.3 Å². The smallest absolute Gasteiger partial charge is 0.123 e. The molecule has 0 amide bonds. The van der Waals surface area contributed by atoms with Crippen molar-refractivity contribution in [1.82, 2.24) is 5.32 Å². The Bertz CT molecular complexity index is 413. The molecule has 2 rings (SSSR count). The Hall–Kier alpha value is -1.06. The second kappa shape index (κ2) is 7.65. The summed E-state index contributed by atoms with van der Waals surface area (Å²) in [6.45, 7) is 9.40. The number of hydrogen-bond acceptors (Lipinski definition) is 3. The van der Waals surface area contributed by atoms with Crippen LogP contribution in [-0.4, -0.2) is 25.9 Å². The summed E-state index contributed by atoms with van der Waals surface area (Å²) in [4.78, 5) is 0. The lowest BCUT2D eigenvalue weighted by molar-refractivity contribution is 0.0816. The first-order valence-corrected chi connectivity index (χ1v) is 7.68. The van der Waals surface area contributed by atoms with Gasteiger partial charge in [-0.25, -0.2) is 0 Å². The molecule has 0 spiro atoms. The summed E-state index contributed by atoms with van der Waals surface area (Å²) in [7, 11) is 0. The third kappa shape index (κ3) is 5.51. The molecule has 0 radical (unpaired) electrons. The van der Waals surface area contributed by atoms with E-state index in [1.54, 1.807) is 0 Å². The van der Waals surface area contributed by atoms with Crippen LogP contribution in [0.5, 0.6) is 5.75 Å². The molecule has 0 aromatic heterocycles. The fourth-order valence-electron chi connectivity index (χ4n) is 2.06. The Morgan fingerprint density at radius 3 is 2.75 bits per heavy atom. The fourth-order valence-corrected chi connectivity index (χ4v) is 2.06. The van der Waals surface area contributed by atoms with Gasteiger partial charge in [0.05, 0.1) is 6.61 Å². The summed E-state index contributed by atoms with van der Waals surface area (Å²) in [6.07, 6.45) is 2.62. The Morgan fingerprint density at radius 2 is 2.05 bits per heavy atom. The SMILES string of the molecule is Cc1ccc(OCCOCC(C)C)c(CNC2CC2)c1. The van der Waals surface area contributed by atoms with Crippen LogP contribution >= 0.6 is 0 Å². The van der Waals surface area contributed by atoms with Crippen LogP contribution in [0.25, 0.3) is 0 Å². The average Bonchev–Trinajstić information content (AvgIpc) is 3.21. The molecule has 1 aliphatic rings. The molecule has 0 bridgehead atoms. The normalized spacial score (nSPS) is 14.8. The van der Waals surface area contributed by atoms with Gasteiger partial charge < -0.3 is 14.8 Å². The standard InChI is InChI=1S/C17H27NO2/c1-13(2)12-19-8-9-20-17-7-4-14(3)10-15(17)11-18-16-5-6-16/h4,7,10,13,16,18H,5-6,8-9,11-12H2,1-3H3. The highest BCUT2D eigenvalue weighted by Crippen LogP contribution is 2.23. The van der Waals surface area contributed by atoms with Gasteiger partial charge in [0.2, 0.25) is 0 Å². The maximum Gasteiger partial charge on any atom is 0.123 e. The first kappa shape index (κ1) is 15.3. The topological polar surface area (TPSA) is 30.5 Å². The van der Waals surface area contributed by atoms with E-state index in [-0.39, 0.29) is 0 Å². The van der Waals surface area contributed by atoms with Gasteiger partial charge >= 0.3 is 0 Å². The van der Waals surface area contributed by atoms with Crippen molar-refractivity contribution in [3.8, 4) is 5.75 Å². The van der Waals surface area contributed by atoms with Gasteiger partial charge in [0.15, 0.2) is 0 Å². The van der Waals surface area contributed by atoms with Gasteiger partial charge in [0.25, 0.3) is 0 Å². The highest BCUT2D eigenvalue weighted by atomic mass is 16.5. The van der Waals surface area contributed by atoms with E-state index in [0.29, 0.717) is 19.1 Å². The lowest BCUT2D eigenvalue weighted by Gasteiger charge is -2.13. The molecule has 1 N–H and O–H groups in total.